The zero-order valence-corrected chi connectivity index (χ0v) is 15.2. The topological polar surface area (TPSA) is 83.9 Å². The Morgan fingerprint density at radius 1 is 1.20 bits per heavy atom. The number of aromatic nitrogens is 4. The summed E-state index contributed by atoms with van der Waals surface area (Å²) in [6, 6.07) is 4.05. The summed E-state index contributed by atoms with van der Waals surface area (Å²) in [7, 11) is 0. The lowest BCUT2D eigenvalue weighted by Crippen LogP contribution is -2.52. The number of amides is 1. The Hall–Kier alpha value is -2.57. The van der Waals surface area contributed by atoms with E-state index in [1.54, 1.807) is 6.20 Å². The van der Waals surface area contributed by atoms with E-state index in [4.69, 9.17) is 0 Å². The van der Waals surface area contributed by atoms with E-state index in [1.165, 1.54) is 6.20 Å². The van der Waals surface area contributed by atoms with E-state index in [2.05, 4.69) is 51.2 Å². The van der Waals surface area contributed by atoms with Crippen molar-refractivity contribution < 1.29 is 4.79 Å². The van der Waals surface area contributed by atoms with Gasteiger partial charge in [-0.15, -0.1) is 5.10 Å². The van der Waals surface area contributed by atoms with Crippen LogP contribution in [0.25, 0.3) is 0 Å². The van der Waals surface area contributed by atoms with Gasteiger partial charge in [0.1, 0.15) is 5.69 Å². The standard InChI is InChI=1S/C18H24N6O/c1-12-7-20-14(9-19-12)17(25)21-8-13-10-24(11-13)16-6-5-15(22-23-16)18(2,3)4/h5-7,9,13H,8,10-11H2,1-4H3,(H,21,25). The minimum atomic E-state index is -0.180. The molecule has 0 aromatic carbocycles. The number of rotatable bonds is 4. The first-order valence-corrected chi connectivity index (χ1v) is 8.49. The third kappa shape index (κ3) is 4.10. The Bertz CT molecular complexity index is 730. The highest BCUT2D eigenvalue weighted by Gasteiger charge is 2.29. The molecule has 2 aromatic rings. The predicted molar refractivity (Wildman–Crippen MR) is 95.5 cm³/mol. The van der Waals surface area contributed by atoms with Gasteiger partial charge in [0.25, 0.3) is 5.91 Å². The average Bonchev–Trinajstić information content (AvgIpc) is 2.53. The summed E-state index contributed by atoms with van der Waals surface area (Å²) >= 11 is 0. The molecule has 132 valence electrons. The first-order chi connectivity index (χ1) is 11.8. The van der Waals surface area contributed by atoms with E-state index in [1.807, 2.05) is 19.1 Å². The molecule has 1 N–H and O–H groups in total. The molecule has 25 heavy (non-hydrogen) atoms. The average molecular weight is 340 g/mol. The van der Waals surface area contributed by atoms with Crippen LogP contribution < -0.4 is 10.2 Å². The van der Waals surface area contributed by atoms with Gasteiger partial charge in [0.2, 0.25) is 0 Å². The number of hydrogen-bond acceptors (Lipinski definition) is 6. The van der Waals surface area contributed by atoms with E-state index in [0.29, 0.717) is 18.2 Å². The van der Waals surface area contributed by atoms with Crippen LogP contribution in [0, 0.1) is 12.8 Å². The predicted octanol–water partition coefficient (Wildman–Crippen LogP) is 1.74. The van der Waals surface area contributed by atoms with Crippen LogP contribution in [-0.4, -0.2) is 45.7 Å². The monoisotopic (exact) mass is 340 g/mol. The van der Waals surface area contributed by atoms with Gasteiger partial charge in [-0.2, -0.15) is 5.10 Å². The quantitative estimate of drug-likeness (QED) is 0.913. The SMILES string of the molecule is Cc1cnc(C(=O)NCC2CN(c3ccc(C(C)(C)C)nn3)C2)cn1. The maximum absolute atomic E-state index is 12.0. The van der Waals surface area contributed by atoms with Crippen LogP contribution in [0.3, 0.4) is 0 Å². The molecule has 1 aliphatic rings. The molecule has 7 heteroatoms. The van der Waals surface area contributed by atoms with Gasteiger partial charge < -0.3 is 10.2 Å². The summed E-state index contributed by atoms with van der Waals surface area (Å²) in [4.78, 5) is 22.4. The number of aryl methyl sites for hydroxylation is 1. The van der Waals surface area contributed by atoms with E-state index >= 15 is 0 Å². The molecule has 7 nitrogen and oxygen atoms in total. The van der Waals surface area contributed by atoms with Crippen molar-refractivity contribution in [2.45, 2.75) is 33.1 Å². The van der Waals surface area contributed by atoms with Crippen LogP contribution in [0.5, 0.6) is 0 Å². The molecule has 1 amide bonds. The minimum absolute atomic E-state index is 0.00612. The van der Waals surface area contributed by atoms with Crippen LogP contribution in [-0.2, 0) is 5.41 Å². The lowest BCUT2D eigenvalue weighted by Gasteiger charge is -2.40. The molecular formula is C18H24N6O. The van der Waals surface area contributed by atoms with Gasteiger partial charge in [0, 0.05) is 37.2 Å². The number of hydrogen-bond donors (Lipinski definition) is 1. The lowest BCUT2D eigenvalue weighted by atomic mass is 9.92. The number of carbonyl (C=O) groups is 1. The third-order valence-electron chi connectivity index (χ3n) is 4.26. The van der Waals surface area contributed by atoms with E-state index in [9.17, 15) is 4.79 Å². The summed E-state index contributed by atoms with van der Waals surface area (Å²) in [5.74, 6) is 1.12. The Kier molecular flexibility index (Phi) is 4.65. The minimum Gasteiger partial charge on any atom is -0.354 e. The summed E-state index contributed by atoms with van der Waals surface area (Å²) in [6.45, 7) is 10.6. The molecule has 0 bridgehead atoms. The Morgan fingerprint density at radius 2 is 1.96 bits per heavy atom. The Morgan fingerprint density at radius 3 is 2.52 bits per heavy atom. The molecule has 2 aromatic heterocycles. The van der Waals surface area contributed by atoms with Gasteiger partial charge in [-0.1, -0.05) is 20.8 Å². The molecule has 0 spiro atoms. The maximum Gasteiger partial charge on any atom is 0.271 e. The van der Waals surface area contributed by atoms with Gasteiger partial charge in [-0.25, -0.2) is 4.98 Å². The number of anilines is 1. The first-order valence-electron chi connectivity index (χ1n) is 8.49. The van der Waals surface area contributed by atoms with Crippen LogP contribution >= 0.6 is 0 Å². The van der Waals surface area contributed by atoms with Crippen molar-refractivity contribution in [2.24, 2.45) is 5.92 Å². The Labute approximate surface area is 147 Å². The van der Waals surface area contributed by atoms with Crippen LogP contribution in [0.1, 0.15) is 42.6 Å². The second-order valence-electron chi connectivity index (χ2n) is 7.55. The van der Waals surface area contributed by atoms with Gasteiger partial charge >= 0.3 is 0 Å². The van der Waals surface area contributed by atoms with Gasteiger partial charge in [0.15, 0.2) is 5.82 Å². The highest BCUT2D eigenvalue weighted by molar-refractivity contribution is 5.91. The van der Waals surface area contributed by atoms with Crippen molar-refractivity contribution in [1.29, 1.82) is 0 Å². The van der Waals surface area contributed by atoms with Crippen LogP contribution in [0.15, 0.2) is 24.5 Å². The normalized spacial score (nSPS) is 15.0. The van der Waals surface area contributed by atoms with Crippen LogP contribution in [0.2, 0.25) is 0 Å². The summed E-state index contributed by atoms with van der Waals surface area (Å²) in [5, 5.41) is 11.6. The fourth-order valence-corrected chi connectivity index (χ4v) is 2.62. The van der Waals surface area contributed by atoms with Crippen molar-refractivity contribution in [3.63, 3.8) is 0 Å². The van der Waals surface area contributed by atoms with Crippen molar-refractivity contribution in [3.05, 3.63) is 41.6 Å². The van der Waals surface area contributed by atoms with Crippen molar-refractivity contribution in [1.82, 2.24) is 25.5 Å². The third-order valence-corrected chi connectivity index (χ3v) is 4.26. The van der Waals surface area contributed by atoms with Gasteiger partial charge in [-0.3, -0.25) is 9.78 Å². The molecule has 1 aliphatic heterocycles. The van der Waals surface area contributed by atoms with E-state index in [-0.39, 0.29) is 11.3 Å². The molecule has 0 saturated carbocycles. The van der Waals surface area contributed by atoms with E-state index < -0.39 is 0 Å². The largest absolute Gasteiger partial charge is 0.354 e. The molecular weight excluding hydrogens is 316 g/mol. The molecule has 0 radical (unpaired) electrons. The maximum atomic E-state index is 12.0. The highest BCUT2D eigenvalue weighted by Crippen LogP contribution is 2.24. The number of nitrogens with one attached hydrogen (secondary N) is 1. The van der Waals surface area contributed by atoms with Gasteiger partial charge in [-0.05, 0) is 19.1 Å². The second-order valence-corrected chi connectivity index (χ2v) is 7.55. The zero-order valence-electron chi connectivity index (χ0n) is 15.2. The second kappa shape index (κ2) is 6.74. The van der Waals surface area contributed by atoms with Crippen molar-refractivity contribution in [3.8, 4) is 0 Å². The first kappa shape index (κ1) is 17.3. The molecule has 0 unspecified atom stereocenters. The number of nitrogens with zero attached hydrogens (tertiary/aromatic N) is 5. The van der Waals surface area contributed by atoms with Crippen molar-refractivity contribution >= 4 is 11.7 Å². The van der Waals surface area contributed by atoms with Crippen LogP contribution in [0.4, 0.5) is 5.82 Å². The summed E-state index contributed by atoms with van der Waals surface area (Å²) < 4.78 is 0. The van der Waals surface area contributed by atoms with E-state index in [0.717, 1.165) is 30.3 Å². The molecule has 3 heterocycles. The summed E-state index contributed by atoms with van der Waals surface area (Å²) in [5.41, 5.74) is 2.14. The fourth-order valence-electron chi connectivity index (χ4n) is 2.62. The molecule has 1 saturated heterocycles. The molecule has 1 fully saturated rings. The number of carbonyl (C=O) groups excluding carboxylic acids is 1. The molecule has 3 rings (SSSR count). The fraction of sp³-hybridized carbons (Fsp3) is 0.500. The highest BCUT2D eigenvalue weighted by atomic mass is 16.1. The van der Waals surface area contributed by atoms with Gasteiger partial charge in [0.05, 0.1) is 17.6 Å². The smallest absolute Gasteiger partial charge is 0.271 e. The zero-order chi connectivity index (χ0) is 18.0. The molecule has 0 atom stereocenters. The van der Waals surface area contributed by atoms with Crippen molar-refractivity contribution in [2.75, 3.05) is 24.5 Å². The Balaban J connectivity index is 1.46. The summed E-state index contributed by atoms with van der Waals surface area (Å²) in [6.07, 6.45) is 3.10. The lowest BCUT2D eigenvalue weighted by molar-refractivity contribution is 0.0939. The molecule has 0 aliphatic carbocycles.